The van der Waals surface area contributed by atoms with E-state index in [4.69, 9.17) is 18.9 Å². The van der Waals surface area contributed by atoms with E-state index in [0.717, 1.165) is 12.5 Å². The number of hydrogen-bond donors (Lipinski definition) is 3. The summed E-state index contributed by atoms with van der Waals surface area (Å²) in [5, 5.41) is 25.1. The Morgan fingerprint density at radius 2 is 1.85 bits per heavy atom. The van der Waals surface area contributed by atoms with Crippen LogP contribution in [0.5, 0.6) is 0 Å². The Morgan fingerprint density at radius 1 is 1.15 bits per heavy atom. The van der Waals surface area contributed by atoms with Crippen LogP contribution in [0.25, 0.3) is 0 Å². The minimum atomic E-state index is -2.52. The number of carbonyl (C=O) groups is 3. The first-order valence-corrected chi connectivity index (χ1v) is 10.7. The van der Waals surface area contributed by atoms with E-state index < -0.39 is 54.6 Å². The van der Waals surface area contributed by atoms with Crippen molar-refractivity contribution in [3.63, 3.8) is 0 Å². The maximum atomic E-state index is 13.3. The van der Waals surface area contributed by atoms with E-state index in [1.54, 1.807) is 48.5 Å². The standard InChI is InChI=1S/C24H25NO9/c1-14(26)31-13-18-24(30)20(32-11-15-7-3-2-4-8-15)19(22(28)34-18)25-21(27)17-10-6-5-9-16(17)12-33-23(24)29/h2-10,18-20,22,28,30H,11-13H2,1H3,(H,25,27)/t18-,19+,20-,22-,24+/m0/s1. The van der Waals surface area contributed by atoms with Crippen LogP contribution in [0.2, 0.25) is 0 Å². The molecule has 34 heavy (non-hydrogen) atoms. The number of benzene rings is 2. The van der Waals surface area contributed by atoms with Gasteiger partial charge in [0.25, 0.3) is 5.91 Å². The molecular formula is C24H25NO9. The smallest absolute Gasteiger partial charge is 0.344 e. The van der Waals surface area contributed by atoms with Crippen LogP contribution in [0.4, 0.5) is 0 Å². The van der Waals surface area contributed by atoms with Crippen molar-refractivity contribution in [3.05, 3.63) is 71.3 Å². The summed E-state index contributed by atoms with van der Waals surface area (Å²) in [6.07, 6.45) is -4.72. The first-order valence-electron chi connectivity index (χ1n) is 10.7. The lowest BCUT2D eigenvalue weighted by Gasteiger charge is -2.48. The first kappa shape index (κ1) is 23.8. The van der Waals surface area contributed by atoms with E-state index >= 15 is 0 Å². The lowest BCUT2D eigenvalue weighted by Crippen LogP contribution is -2.74. The van der Waals surface area contributed by atoms with Gasteiger partial charge in [0, 0.05) is 18.1 Å². The first-order chi connectivity index (χ1) is 16.3. The van der Waals surface area contributed by atoms with E-state index in [1.807, 2.05) is 6.07 Å². The molecule has 5 atom stereocenters. The predicted octanol–water partition coefficient (Wildman–Crippen LogP) is 0.439. The summed E-state index contributed by atoms with van der Waals surface area (Å²) in [6.45, 7) is 0.236. The molecule has 2 aromatic carbocycles. The molecule has 2 aromatic rings. The van der Waals surface area contributed by atoms with Crippen molar-refractivity contribution in [1.82, 2.24) is 5.32 Å². The Kier molecular flexibility index (Phi) is 6.94. The van der Waals surface area contributed by atoms with Gasteiger partial charge in [-0.15, -0.1) is 0 Å². The van der Waals surface area contributed by atoms with Crippen molar-refractivity contribution < 1.29 is 43.5 Å². The molecule has 1 amide bonds. The molecule has 3 N–H and O–H groups in total. The largest absolute Gasteiger partial charge is 0.463 e. The van der Waals surface area contributed by atoms with Crippen molar-refractivity contribution >= 4 is 17.8 Å². The summed E-state index contributed by atoms with van der Waals surface area (Å²) in [7, 11) is 0. The van der Waals surface area contributed by atoms with Crippen molar-refractivity contribution in [3.8, 4) is 0 Å². The molecule has 10 nitrogen and oxygen atoms in total. The molecule has 0 aliphatic carbocycles. The van der Waals surface area contributed by atoms with Crippen LogP contribution in [-0.2, 0) is 41.8 Å². The zero-order valence-corrected chi connectivity index (χ0v) is 18.4. The van der Waals surface area contributed by atoms with Crippen LogP contribution in [0.15, 0.2) is 54.6 Å². The molecule has 4 rings (SSSR count). The third kappa shape index (κ3) is 4.66. The number of cyclic esters (lactones) is 1. The highest BCUT2D eigenvalue weighted by Crippen LogP contribution is 2.35. The average molecular weight is 471 g/mol. The zero-order valence-electron chi connectivity index (χ0n) is 18.4. The Morgan fingerprint density at radius 3 is 2.59 bits per heavy atom. The summed E-state index contributed by atoms with van der Waals surface area (Å²) < 4.78 is 21.8. The van der Waals surface area contributed by atoms with Crippen molar-refractivity contribution in [1.29, 1.82) is 0 Å². The SMILES string of the molecule is CC(=O)OC[C@@H]1O[C@H](O)[C@@H]2NC(=O)c3ccccc3COC(=O)[C@]1(O)[C@H]2OCc1ccccc1. The summed E-state index contributed by atoms with van der Waals surface area (Å²) in [4.78, 5) is 37.7. The minimum Gasteiger partial charge on any atom is -0.463 e. The summed E-state index contributed by atoms with van der Waals surface area (Å²) in [6, 6.07) is 14.1. The lowest BCUT2D eigenvalue weighted by molar-refractivity contribution is -0.299. The molecule has 0 saturated carbocycles. The number of fused-ring (bicyclic) bond motifs is 3. The molecule has 0 unspecified atom stereocenters. The number of aliphatic hydroxyl groups excluding tert-OH is 1. The molecule has 1 fully saturated rings. The number of carbonyl (C=O) groups excluding carboxylic acids is 3. The molecule has 2 bridgehead atoms. The molecular weight excluding hydrogens is 446 g/mol. The number of ether oxygens (including phenoxy) is 4. The Balaban J connectivity index is 1.75. The van der Waals surface area contributed by atoms with Gasteiger partial charge in [-0.3, -0.25) is 9.59 Å². The van der Waals surface area contributed by atoms with E-state index in [-0.39, 0.29) is 18.8 Å². The highest BCUT2D eigenvalue weighted by atomic mass is 16.7. The number of hydrogen-bond acceptors (Lipinski definition) is 9. The molecule has 2 aliphatic heterocycles. The third-order valence-corrected chi connectivity index (χ3v) is 5.82. The minimum absolute atomic E-state index is 0.0585. The fourth-order valence-electron chi connectivity index (χ4n) is 4.06. The van der Waals surface area contributed by atoms with Crippen LogP contribution < -0.4 is 5.32 Å². The van der Waals surface area contributed by atoms with Gasteiger partial charge in [0.1, 0.15) is 31.5 Å². The van der Waals surface area contributed by atoms with E-state index in [2.05, 4.69) is 5.32 Å². The van der Waals surface area contributed by atoms with Crippen LogP contribution in [0.3, 0.4) is 0 Å². The van der Waals surface area contributed by atoms with E-state index in [0.29, 0.717) is 5.56 Å². The van der Waals surface area contributed by atoms with E-state index in [9.17, 15) is 24.6 Å². The van der Waals surface area contributed by atoms with E-state index in [1.165, 1.54) is 0 Å². The molecule has 1 saturated heterocycles. The van der Waals surface area contributed by atoms with Gasteiger partial charge in [-0.2, -0.15) is 0 Å². The molecule has 10 heteroatoms. The number of esters is 2. The monoisotopic (exact) mass is 471 g/mol. The van der Waals surface area contributed by atoms with Gasteiger partial charge in [0.15, 0.2) is 6.29 Å². The van der Waals surface area contributed by atoms with Crippen molar-refractivity contribution in [2.24, 2.45) is 0 Å². The summed E-state index contributed by atoms with van der Waals surface area (Å²) in [5.41, 5.74) is -1.16. The lowest BCUT2D eigenvalue weighted by atomic mass is 9.82. The van der Waals surface area contributed by atoms with Crippen LogP contribution in [0, 0.1) is 0 Å². The van der Waals surface area contributed by atoms with Crippen molar-refractivity contribution in [2.75, 3.05) is 6.61 Å². The van der Waals surface area contributed by atoms with Gasteiger partial charge >= 0.3 is 11.9 Å². The molecule has 0 radical (unpaired) electrons. The van der Waals surface area contributed by atoms with Gasteiger partial charge in [-0.25, -0.2) is 4.79 Å². The molecule has 0 aromatic heterocycles. The normalized spacial score (nSPS) is 28.8. The summed E-state index contributed by atoms with van der Waals surface area (Å²) >= 11 is 0. The second kappa shape index (κ2) is 9.90. The quantitative estimate of drug-likeness (QED) is 0.530. The fraction of sp³-hybridized carbons (Fsp3) is 0.375. The third-order valence-electron chi connectivity index (χ3n) is 5.82. The van der Waals surface area contributed by atoms with Gasteiger partial charge in [0.05, 0.1) is 6.61 Å². The Bertz CT molecular complexity index is 1060. The molecule has 2 heterocycles. The molecule has 2 aliphatic rings. The Hall–Kier alpha value is -3.31. The van der Waals surface area contributed by atoms with Gasteiger partial charge in [-0.05, 0) is 11.6 Å². The number of nitrogens with one attached hydrogen (secondary N) is 1. The maximum Gasteiger partial charge on any atom is 0.344 e. The molecule has 180 valence electrons. The maximum absolute atomic E-state index is 13.3. The predicted molar refractivity (Wildman–Crippen MR) is 115 cm³/mol. The van der Waals surface area contributed by atoms with Crippen LogP contribution in [0.1, 0.15) is 28.4 Å². The van der Waals surface area contributed by atoms with Gasteiger partial charge < -0.3 is 34.5 Å². The average Bonchev–Trinajstić information content (AvgIpc) is 2.83. The van der Waals surface area contributed by atoms with Crippen molar-refractivity contribution in [2.45, 2.75) is 50.3 Å². The number of rotatable bonds is 5. The second-order valence-electron chi connectivity index (χ2n) is 8.09. The number of aliphatic hydroxyl groups is 2. The number of amides is 1. The second-order valence-corrected chi connectivity index (χ2v) is 8.09. The van der Waals surface area contributed by atoms with Crippen LogP contribution in [-0.4, -0.2) is 64.8 Å². The zero-order chi connectivity index (χ0) is 24.3. The Labute approximate surface area is 195 Å². The van der Waals surface area contributed by atoms with Gasteiger partial charge in [0.2, 0.25) is 5.60 Å². The van der Waals surface area contributed by atoms with Crippen LogP contribution >= 0.6 is 0 Å². The topological polar surface area (TPSA) is 141 Å². The summed E-state index contributed by atoms with van der Waals surface area (Å²) in [5.74, 6) is -2.36. The fourth-order valence-corrected chi connectivity index (χ4v) is 4.06. The highest BCUT2D eigenvalue weighted by molar-refractivity contribution is 5.96. The highest BCUT2D eigenvalue weighted by Gasteiger charge is 2.62. The van der Waals surface area contributed by atoms with Gasteiger partial charge in [-0.1, -0.05) is 48.5 Å². The molecule has 0 spiro atoms.